The largest absolute Gasteiger partial charge is 0.314 e. The number of rotatable bonds is 1. The summed E-state index contributed by atoms with van der Waals surface area (Å²) in [6.45, 7) is 0.911. The molecule has 2 aliphatic heterocycles. The Morgan fingerprint density at radius 3 is 2.86 bits per heavy atom. The lowest BCUT2D eigenvalue weighted by Gasteiger charge is -2.24. The average Bonchev–Trinajstić information content (AvgIpc) is 2.86. The van der Waals surface area contributed by atoms with Crippen LogP contribution in [-0.4, -0.2) is 15.5 Å². The molecular weight excluding hydrogens is 269 g/mol. The molecule has 2 aromatic rings. The van der Waals surface area contributed by atoms with Crippen molar-refractivity contribution in [3.05, 3.63) is 47.2 Å². The Hall–Kier alpha value is -2.17. The monoisotopic (exact) mass is 285 g/mol. The zero-order valence-corrected chi connectivity index (χ0v) is 11.6. The number of halogens is 1. The molecule has 4 nitrogen and oxygen atoms in total. The van der Waals surface area contributed by atoms with Crippen LogP contribution in [0.2, 0.25) is 0 Å². The fourth-order valence-corrected chi connectivity index (χ4v) is 3.31. The summed E-state index contributed by atoms with van der Waals surface area (Å²) in [6.07, 6.45) is 3.59. The molecule has 21 heavy (non-hydrogen) atoms. The molecule has 5 heteroatoms. The van der Waals surface area contributed by atoms with Crippen molar-refractivity contribution in [3.63, 3.8) is 0 Å². The first kappa shape index (κ1) is 12.6. The molecule has 4 rings (SSSR count). The predicted molar refractivity (Wildman–Crippen MR) is 76.7 cm³/mol. The zero-order valence-electron chi connectivity index (χ0n) is 11.6. The van der Waals surface area contributed by atoms with Crippen molar-refractivity contribution >= 4 is 11.7 Å². The summed E-state index contributed by atoms with van der Waals surface area (Å²) in [5.74, 6) is 1.57. The third-order valence-electron chi connectivity index (χ3n) is 4.36. The summed E-state index contributed by atoms with van der Waals surface area (Å²) < 4.78 is 15.2. The summed E-state index contributed by atoms with van der Waals surface area (Å²) in [5, 5.41) is 2.97. The number of hydrogen-bond donors (Lipinski definition) is 1. The fraction of sp³-hybridized carbons (Fsp3) is 0.375. The zero-order chi connectivity index (χ0) is 14.4. The van der Waals surface area contributed by atoms with Crippen molar-refractivity contribution in [2.75, 3.05) is 5.32 Å². The second-order valence-corrected chi connectivity index (χ2v) is 5.73. The van der Waals surface area contributed by atoms with E-state index >= 15 is 0 Å². The number of anilines is 1. The summed E-state index contributed by atoms with van der Waals surface area (Å²) >= 11 is 0. The number of carbonyl (C=O) groups excluding carboxylic acids is 1. The van der Waals surface area contributed by atoms with E-state index in [4.69, 9.17) is 4.98 Å². The highest BCUT2D eigenvalue weighted by molar-refractivity contribution is 5.94. The van der Waals surface area contributed by atoms with Crippen molar-refractivity contribution in [2.24, 2.45) is 0 Å². The average molecular weight is 285 g/mol. The van der Waals surface area contributed by atoms with E-state index in [9.17, 15) is 9.18 Å². The van der Waals surface area contributed by atoms with Gasteiger partial charge in [-0.05, 0) is 30.5 Å². The Morgan fingerprint density at radius 1 is 1.24 bits per heavy atom. The summed E-state index contributed by atoms with van der Waals surface area (Å²) in [5.41, 5.74) is 1.88. The number of aryl methyl sites for hydroxylation is 1. The van der Waals surface area contributed by atoms with E-state index in [1.165, 1.54) is 12.1 Å². The number of carbonyl (C=O) groups is 1. The number of aromatic nitrogens is 2. The molecule has 0 fully saturated rings. The molecule has 1 atom stereocenters. The third-order valence-corrected chi connectivity index (χ3v) is 4.36. The Labute approximate surface area is 122 Å². The van der Waals surface area contributed by atoms with Gasteiger partial charge in [-0.15, -0.1) is 0 Å². The van der Waals surface area contributed by atoms with Gasteiger partial charge in [-0.25, -0.2) is 9.37 Å². The van der Waals surface area contributed by atoms with Crippen molar-refractivity contribution in [2.45, 2.75) is 38.1 Å². The molecule has 1 aromatic heterocycles. The third kappa shape index (κ3) is 2.04. The maximum atomic E-state index is 13.1. The van der Waals surface area contributed by atoms with Crippen molar-refractivity contribution in [1.29, 1.82) is 0 Å². The first-order chi connectivity index (χ1) is 10.2. The van der Waals surface area contributed by atoms with E-state index in [1.807, 2.05) is 0 Å². The van der Waals surface area contributed by atoms with E-state index in [-0.39, 0.29) is 17.6 Å². The standard InChI is InChI=1S/C16H16FN3O/c17-11-6-4-10(5-7-11)12-9-14(21)19-16-15(12)18-13-3-1-2-8-20(13)16/h4-7,12H,1-3,8-9H2,(H,19,21). The van der Waals surface area contributed by atoms with Gasteiger partial charge in [0, 0.05) is 25.3 Å². The van der Waals surface area contributed by atoms with Crippen molar-refractivity contribution in [3.8, 4) is 0 Å². The molecule has 1 unspecified atom stereocenters. The topological polar surface area (TPSA) is 46.9 Å². The Morgan fingerprint density at radius 2 is 2.05 bits per heavy atom. The molecule has 108 valence electrons. The lowest BCUT2D eigenvalue weighted by atomic mass is 9.90. The lowest BCUT2D eigenvalue weighted by molar-refractivity contribution is -0.116. The van der Waals surface area contributed by atoms with E-state index in [1.54, 1.807) is 12.1 Å². The summed E-state index contributed by atoms with van der Waals surface area (Å²) in [7, 11) is 0. The van der Waals surface area contributed by atoms with Crippen molar-refractivity contribution in [1.82, 2.24) is 9.55 Å². The predicted octanol–water partition coefficient (Wildman–Crippen LogP) is 2.83. The number of hydrogen-bond acceptors (Lipinski definition) is 2. The summed E-state index contributed by atoms with van der Waals surface area (Å²) in [4.78, 5) is 16.8. The smallest absolute Gasteiger partial charge is 0.226 e. The van der Waals surface area contributed by atoms with E-state index in [2.05, 4.69) is 9.88 Å². The molecule has 0 saturated carbocycles. The second kappa shape index (κ2) is 4.69. The molecule has 0 saturated heterocycles. The molecule has 0 aliphatic carbocycles. The molecule has 3 heterocycles. The van der Waals surface area contributed by atoms with Crippen LogP contribution >= 0.6 is 0 Å². The fourth-order valence-electron chi connectivity index (χ4n) is 3.31. The molecular formula is C16H16FN3O. The minimum atomic E-state index is -0.261. The molecule has 2 aliphatic rings. The van der Waals surface area contributed by atoms with Gasteiger partial charge in [0.15, 0.2) is 0 Å². The van der Waals surface area contributed by atoms with Crippen LogP contribution in [0.25, 0.3) is 0 Å². The maximum Gasteiger partial charge on any atom is 0.226 e. The van der Waals surface area contributed by atoms with E-state index in [0.717, 1.165) is 48.7 Å². The Balaban J connectivity index is 1.82. The molecule has 0 spiro atoms. The van der Waals surface area contributed by atoms with Crippen LogP contribution in [0.4, 0.5) is 10.2 Å². The van der Waals surface area contributed by atoms with E-state index in [0.29, 0.717) is 6.42 Å². The second-order valence-electron chi connectivity index (χ2n) is 5.73. The van der Waals surface area contributed by atoms with Gasteiger partial charge in [-0.1, -0.05) is 12.1 Å². The van der Waals surface area contributed by atoms with Gasteiger partial charge in [0.2, 0.25) is 5.91 Å². The molecule has 1 aromatic carbocycles. The summed E-state index contributed by atoms with van der Waals surface area (Å²) in [6, 6.07) is 6.39. The lowest BCUT2D eigenvalue weighted by Crippen LogP contribution is -2.25. The first-order valence-corrected chi connectivity index (χ1v) is 7.37. The van der Waals surface area contributed by atoms with Crippen LogP contribution in [0.5, 0.6) is 0 Å². The quantitative estimate of drug-likeness (QED) is 0.875. The molecule has 1 amide bonds. The van der Waals surface area contributed by atoms with Gasteiger partial charge in [0.1, 0.15) is 17.5 Å². The Kier molecular flexibility index (Phi) is 2.80. The number of nitrogens with zero attached hydrogens (tertiary/aromatic N) is 2. The highest BCUT2D eigenvalue weighted by atomic mass is 19.1. The molecule has 0 radical (unpaired) electrons. The van der Waals surface area contributed by atoms with Gasteiger partial charge in [-0.2, -0.15) is 0 Å². The minimum absolute atomic E-state index is 0.00472. The number of fused-ring (bicyclic) bond motifs is 3. The van der Waals surface area contributed by atoms with Gasteiger partial charge >= 0.3 is 0 Å². The molecule has 1 N–H and O–H groups in total. The van der Waals surface area contributed by atoms with Crippen LogP contribution < -0.4 is 5.32 Å². The first-order valence-electron chi connectivity index (χ1n) is 7.37. The van der Waals surface area contributed by atoms with Gasteiger partial charge in [-0.3, -0.25) is 4.79 Å². The normalized spacial score (nSPS) is 20.6. The molecule has 0 bridgehead atoms. The van der Waals surface area contributed by atoms with Crippen LogP contribution in [0.1, 0.15) is 42.3 Å². The van der Waals surface area contributed by atoms with Gasteiger partial charge < -0.3 is 9.88 Å². The highest BCUT2D eigenvalue weighted by Crippen LogP contribution is 2.38. The van der Waals surface area contributed by atoms with Crippen LogP contribution in [0, 0.1) is 5.82 Å². The van der Waals surface area contributed by atoms with Crippen LogP contribution in [-0.2, 0) is 17.8 Å². The van der Waals surface area contributed by atoms with Crippen molar-refractivity contribution < 1.29 is 9.18 Å². The SMILES string of the molecule is O=C1CC(c2ccc(F)cc2)c2nc3n(c2N1)CCCC3. The number of nitrogens with one attached hydrogen (secondary N) is 1. The van der Waals surface area contributed by atoms with E-state index < -0.39 is 0 Å². The highest BCUT2D eigenvalue weighted by Gasteiger charge is 2.32. The van der Waals surface area contributed by atoms with Gasteiger partial charge in [0.25, 0.3) is 0 Å². The number of imidazole rings is 1. The number of amides is 1. The van der Waals surface area contributed by atoms with Crippen LogP contribution in [0.3, 0.4) is 0 Å². The number of benzene rings is 1. The maximum absolute atomic E-state index is 13.1. The van der Waals surface area contributed by atoms with Gasteiger partial charge in [0.05, 0.1) is 5.69 Å². The minimum Gasteiger partial charge on any atom is -0.314 e. The van der Waals surface area contributed by atoms with Crippen LogP contribution in [0.15, 0.2) is 24.3 Å². The Bertz CT molecular complexity index is 705.